The molecule has 1 fully saturated rings. The molecule has 0 unspecified atom stereocenters. The summed E-state index contributed by atoms with van der Waals surface area (Å²) in [5, 5.41) is 7.87. The van der Waals surface area contributed by atoms with E-state index < -0.39 is 0 Å². The molecule has 1 aliphatic heterocycles. The topological polar surface area (TPSA) is 52.6 Å². The number of nitrogens with zero attached hydrogens (tertiary/aromatic N) is 3. The van der Waals surface area contributed by atoms with Gasteiger partial charge in [-0.25, -0.2) is 9.98 Å². The maximum atomic E-state index is 4.66. The summed E-state index contributed by atoms with van der Waals surface area (Å²) >= 11 is 1.76. The molecule has 0 radical (unpaired) electrons. The molecule has 2 N–H and O–H groups in total. The molecular formula is C19H35N5S. The summed E-state index contributed by atoms with van der Waals surface area (Å²) in [7, 11) is 0. The van der Waals surface area contributed by atoms with Gasteiger partial charge in [0, 0.05) is 24.2 Å². The predicted molar refractivity (Wildman–Crippen MR) is 108 cm³/mol. The second-order valence-electron chi connectivity index (χ2n) is 6.66. The van der Waals surface area contributed by atoms with Crippen LogP contribution in [0.2, 0.25) is 0 Å². The van der Waals surface area contributed by atoms with Crippen molar-refractivity contribution in [3.63, 3.8) is 0 Å². The van der Waals surface area contributed by atoms with E-state index >= 15 is 0 Å². The van der Waals surface area contributed by atoms with Gasteiger partial charge < -0.3 is 15.5 Å². The van der Waals surface area contributed by atoms with E-state index in [2.05, 4.69) is 39.4 Å². The molecule has 0 saturated carbocycles. The summed E-state index contributed by atoms with van der Waals surface area (Å²) in [5.41, 5.74) is 0. The van der Waals surface area contributed by atoms with Gasteiger partial charge in [-0.3, -0.25) is 0 Å². The highest BCUT2D eigenvalue weighted by Crippen LogP contribution is 2.14. The number of aliphatic imine (C=N–C) groups is 1. The molecule has 1 aliphatic rings. The van der Waals surface area contributed by atoms with Crippen LogP contribution in [0.5, 0.6) is 0 Å². The Morgan fingerprint density at radius 1 is 1.16 bits per heavy atom. The quantitative estimate of drug-likeness (QED) is 0.379. The van der Waals surface area contributed by atoms with E-state index in [0.29, 0.717) is 6.54 Å². The highest BCUT2D eigenvalue weighted by atomic mass is 32.1. The lowest BCUT2D eigenvalue weighted by Crippen LogP contribution is -2.37. The summed E-state index contributed by atoms with van der Waals surface area (Å²) in [6.45, 7) is 10.7. The van der Waals surface area contributed by atoms with Crippen LogP contribution in [0.25, 0.3) is 0 Å². The highest BCUT2D eigenvalue weighted by molar-refractivity contribution is 7.11. The molecule has 0 spiro atoms. The number of rotatable bonds is 10. The van der Waals surface area contributed by atoms with Crippen molar-refractivity contribution in [2.75, 3.05) is 32.7 Å². The summed E-state index contributed by atoms with van der Waals surface area (Å²) < 4.78 is 0. The van der Waals surface area contributed by atoms with E-state index in [4.69, 9.17) is 0 Å². The van der Waals surface area contributed by atoms with E-state index in [1.807, 2.05) is 6.20 Å². The number of aryl methyl sites for hydroxylation is 1. The maximum absolute atomic E-state index is 4.66. The second-order valence-corrected chi connectivity index (χ2v) is 7.86. The van der Waals surface area contributed by atoms with Crippen molar-refractivity contribution in [2.45, 2.75) is 65.3 Å². The number of unbranched alkanes of at least 4 members (excludes halogenated alkanes) is 2. The van der Waals surface area contributed by atoms with Crippen molar-refractivity contribution in [3.05, 3.63) is 16.1 Å². The zero-order chi connectivity index (χ0) is 17.7. The predicted octanol–water partition coefficient (Wildman–Crippen LogP) is 3.42. The van der Waals surface area contributed by atoms with E-state index in [1.54, 1.807) is 11.3 Å². The van der Waals surface area contributed by atoms with Crippen LogP contribution in [0.4, 0.5) is 0 Å². The summed E-state index contributed by atoms with van der Waals surface area (Å²) in [6, 6.07) is 0. The second kappa shape index (κ2) is 12.3. The smallest absolute Gasteiger partial charge is 0.191 e. The molecule has 1 saturated heterocycles. The van der Waals surface area contributed by atoms with Crippen LogP contribution in [0.3, 0.4) is 0 Å². The Hall–Kier alpha value is -1.14. The van der Waals surface area contributed by atoms with Gasteiger partial charge >= 0.3 is 0 Å². The Balaban J connectivity index is 1.60. The molecular weight excluding hydrogens is 330 g/mol. The molecule has 25 heavy (non-hydrogen) atoms. The first-order valence-corrected chi connectivity index (χ1v) is 10.8. The fourth-order valence-electron chi connectivity index (χ4n) is 3.10. The van der Waals surface area contributed by atoms with Crippen LogP contribution in [0.1, 0.15) is 62.3 Å². The van der Waals surface area contributed by atoms with Gasteiger partial charge in [-0.2, -0.15) is 0 Å². The van der Waals surface area contributed by atoms with Crippen molar-refractivity contribution in [1.82, 2.24) is 20.5 Å². The molecule has 0 aliphatic carbocycles. The summed E-state index contributed by atoms with van der Waals surface area (Å²) in [5.74, 6) is 0.909. The minimum Gasteiger partial charge on any atom is -0.357 e. The monoisotopic (exact) mass is 365 g/mol. The number of guanidine groups is 1. The molecule has 5 nitrogen and oxygen atoms in total. The van der Waals surface area contributed by atoms with Gasteiger partial charge in [-0.05, 0) is 58.7 Å². The van der Waals surface area contributed by atoms with Crippen LogP contribution < -0.4 is 10.6 Å². The average Bonchev–Trinajstić information content (AvgIpc) is 3.11. The lowest BCUT2D eigenvalue weighted by atomic mass is 10.1. The first-order valence-electron chi connectivity index (χ1n) is 10.00. The molecule has 0 atom stereocenters. The Labute approximate surface area is 157 Å². The van der Waals surface area contributed by atoms with Gasteiger partial charge in [0.1, 0.15) is 5.01 Å². The van der Waals surface area contributed by atoms with Crippen LogP contribution in [0.15, 0.2) is 11.2 Å². The van der Waals surface area contributed by atoms with Crippen LogP contribution >= 0.6 is 11.3 Å². The van der Waals surface area contributed by atoms with Crippen LogP contribution in [0, 0.1) is 0 Å². The first kappa shape index (κ1) is 20.2. The van der Waals surface area contributed by atoms with E-state index in [0.717, 1.165) is 30.5 Å². The number of hydrogen-bond donors (Lipinski definition) is 2. The molecule has 6 heteroatoms. The number of hydrogen-bond acceptors (Lipinski definition) is 4. The molecule has 0 bridgehead atoms. The van der Waals surface area contributed by atoms with E-state index in [9.17, 15) is 0 Å². The van der Waals surface area contributed by atoms with Gasteiger partial charge in [0.25, 0.3) is 0 Å². The average molecular weight is 366 g/mol. The molecule has 0 amide bonds. The molecule has 1 aromatic heterocycles. The zero-order valence-electron chi connectivity index (χ0n) is 16.0. The normalized spacial score (nSPS) is 16.2. The number of thiazole rings is 1. The van der Waals surface area contributed by atoms with Crippen molar-refractivity contribution >= 4 is 17.3 Å². The minimum absolute atomic E-state index is 0.662. The van der Waals surface area contributed by atoms with Crippen molar-refractivity contribution in [1.29, 1.82) is 0 Å². The Bertz CT molecular complexity index is 494. The standard InChI is InChI=1S/C19H35N5S/c1-3-17-15-22-18(25-17)16-23-19(20-4-2)21-11-7-5-8-12-24-13-9-6-10-14-24/h15H,3-14,16H2,1-2H3,(H2,20,21,23). The Morgan fingerprint density at radius 3 is 2.72 bits per heavy atom. The third kappa shape index (κ3) is 8.19. The fourth-order valence-corrected chi connectivity index (χ4v) is 3.89. The third-order valence-corrected chi connectivity index (χ3v) is 5.69. The minimum atomic E-state index is 0.662. The molecule has 2 heterocycles. The van der Waals surface area contributed by atoms with Crippen LogP contribution in [-0.4, -0.2) is 48.6 Å². The van der Waals surface area contributed by atoms with Gasteiger partial charge in [0.05, 0.1) is 6.54 Å². The molecule has 2 rings (SSSR count). The van der Waals surface area contributed by atoms with E-state index in [-0.39, 0.29) is 0 Å². The number of piperidine rings is 1. The van der Waals surface area contributed by atoms with Crippen LogP contribution in [-0.2, 0) is 13.0 Å². The lowest BCUT2D eigenvalue weighted by molar-refractivity contribution is 0.224. The SMILES string of the molecule is CCNC(=NCc1ncc(CC)s1)NCCCCCN1CCCCC1. The third-order valence-electron chi connectivity index (χ3n) is 4.56. The maximum Gasteiger partial charge on any atom is 0.191 e. The number of likely N-dealkylation sites (tertiary alicyclic amines) is 1. The van der Waals surface area contributed by atoms with Gasteiger partial charge in [0.2, 0.25) is 0 Å². The summed E-state index contributed by atoms with van der Waals surface area (Å²) in [4.78, 5) is 13.0. The van der Waals surface area contributed by atoms with Gasteiger partial charge in [0.15, 0.2) is 5.96 Å². The van der Waals surface area contributed by atoms with Gasteiger partial charge in [-0.15, -0.1) is 11.3 Å². The largest absolute Gasteiger partial charge is 0.357 e. The van der Waals surface area contributed by atoms with Crippen molar-refractivity contribution in [3.8, 4) is 0 Å². The Kier molecular flexibility index (Phi) is 9.89. The number of aromatic nitrogens is 1. The Morgan fingerprint density at radius 2 is 2.00 bits per heavy atom. The highest BCUT2D eigenvalue weighted by Gasteiger charge is 2.08. The van der Waals surface area contributed by atoms with Crippen molar-refractivity contribution < 1.29 is 0 Å². The van der Waals surface area contributed by atoms with Crippen molar-refractivity contribution in [2.24, 2.45) is 4.99 Å². The summed E-state index contributed by atoms with van der Waals surface area (Å²) in [6.07, 6.45) is 11.0. The van der Waals surface area contributed by atoms with E-state index in [1.165, 1.54) is 63.0 Å². The molecule has 142 valence electrons. The zero-order valence-corrected chi connectivity index (χ0v) is 16.8. The molecule has 1 aromatic rings. The first-order chi connectivity index (χ1) is 12.3. The van der Waals surface area contributed by atoms with Gasteiger partial charge in [-0.1, -0.05) is 19.8 Å². The lowest BCUT2D eigenvalue weighted by Gasteiger charge is -2.26. The molecule has 0 aromatic carbocycles. The number of nitrogens with one attached hydrogen (secondary N) is 2. The fraction of sp³-hybridized carbons (Fsp3) is 0.789.